The number of nitrogens with zero attached hydrogens (tertiary/aromatic N) is 4. The van der Waals surface area contributed by atoms with Gasteiger partial charge in [-0.1, -0.05) is 44.2 Å². The van der Waals surface area contributed by atoms with Crippen molar-refractivity contribution >= 4 is 22.8 Å². The standard InChI is InChI=1S/C21H21F2N5S/c1-3-13(2)14-6-8-15(9-7-14)19(16-5-4-12-29-16)24-17-10-11-18-25-26-21(20(22)23)28(18)27-17/h4-13,19-20H,3H2,1-2H3,(H,24,27). The number of alkyl halides is 2. The highest BCUT2D eigenvalue weighted by Gasteiger charge is 2.20. The minimum absolute atomic E-state index is 0.141. The van der Waals surface area contributed by atoms with E-state index >= 15 is 0 Å². The summed E-state index contributed by atoms with van der Waals surface area (Å²) in [6.07, 6.45) is -1.66. The highest BCUT2D eigenvalue weighted by molar-refractivity contribution is 7.10. The first-order chi connectivity index (χ1) is 14.1. The lowest BCUT2D eigenvalue weighted by Crippen LogP contribution is -2.13. The summed E-state index contributed by atoms with van der Waals surface area (Å²) < 4.78 is 27.4. The monoisotopic (exact) mass is 413 g/mol. The average Bonchev–Trinajstić information content (AvgIpc) is 3.41. The van der Waals surface area contributed by atoms with Gasteiger partial charge in [-0.2, -0.15) is 4.52 Å². The molecule has 4 aromatic rings. The molecule has 0 amide bonds. The van der Waals surface area contributed by atoms with Crippen molar-refractivity contribution in [1.29, 1.82) is 0 Å². The molecule has 4 rings (SSSR count). The molecule has 0 saturated carbocycles. The molecule has 0 aliphatic carbocycles. The maximum Gasteiger partial charge on any atom is 0.299 e. The van der Waals surface area contributed by atoms with E-state index in [0.717, 1.165) is 21.4 Å². The second kappa shape index (κ2) is 8.24. The first-order valence-electron chi connectivity index (χ1n) is 9.47. The fourth-order valence-corrected chi connectivity index (χ4v) is 4.00. The smallest absolute Gasteiger partial charge is 0.299 e. The molecule has 1 aromatic carbocycles. The van der Waals surface area contributed by atoms with Gasteiger partial charge in [0.05, 0.1) is 6.04 Å². The number of anilines is 1. The predicted molar refractivity (Wildman–Crippen MR) is 111 cm³/mol. The molecular weight excluding hydrogens is 392 g/mol. The molecule has 8 heteroatoms. The largest absolute Gasteiger partial charge is 0.357 e. The molecule has 0 saturated heterocycles. The maximum atomic E-state index is 13.2. The Morgan fingerprint density at radius 2 is 1.79 bits per heavy atom. The van der Waals surface area contributed by atoms with E-state index in [2.05, 4.69) is 58.7 Å². The highest BCUT2D eigenvalue weighted by Crippen LogP contribution is 2.31. The van der Waals surface area contributed by atoms with E-state index in [1.165, 1.54) is 5.56 Å². The van der Waals surface area contributed by atoms with Gasteiger partial charge in [-0.05, 0) is 47.0 Å². The van der Waals surface area contributed by atoms with Crippen molar-refractivity contribution in [3.63, 3.8) is 0 Å². The van der Waals surface area contributed by atoms with E-state index in [1.807, 2.05) is 17.5 Å². The first-order valence-corrected chi connectivity index (χ1v) is 10.3. The molecule has 3 heterocycles. The van der Waals surface area contributed by atoms with E-state index in [0.29, 0.717) is 11.7 Å². The van der Waals surface area contributed by atoms with E-state index < -0.39 is 12.2 Å². The normalized spacial score (nSPS) is 13.7. The van der Waals surface area contributed by atoms with Gasteiger partial charge in [0.25, 0.3) is 6.43 Å². The van der Waals surface area contributed by atoms with Crippen LogP contribution in [0, 0.1) is 0 Å². The number of hydrogen-bond donors (Lipinski definition) is 1. The van der Waals surface area contributed by atoms with E-state index in [1.54, 1.807) is 23.5 Å². The molecule has 0 radical (unpaired) electrons. The summed E-state index contributed by atoms with van der Waals surface area (Å²) in [7, 11) is 0. The molecule has 150 valence electrons. The zero-order valence-corrected chi connectivity index (χ0v) is 16.9. The minimum Gasteiger partial charge on any atom is -0.357 e. The molecule has 5 nitrogen and oxygen atoms in total. The van der Waals surface area contributed by atoms with Crippen LogP contribution in [-0.4, -0.2) is 19.8 Å². The third kappa shape index (κ3) is 3.98. The number of rotatable bonds is 7. The molecule has 2 unspecified atom stereocenters. The molecular formula is C21H21F2N5S. The van der Waals surface area contributed by atoms with Gasteiger partial charge in [-0.25, -0.2) is 8.78 Å². The van der Waals surface area contributed by atoms with Crippen molar-refractivity contribution in [2.75, 3.05) is 5.32 Å². The van der Waals surface area contributed by atoms with Gasteiger partial charge in [0.2, 0.25) is 5.82 Å². The van der Waals surface area contributed by atoms with Crippen molar-refractivity contribution in [3.05, 3.63) is 75.7 Å². The Bertz CT molecular complexity index is 1080. The SMILES string of the molecule is CCC(C)c1ccc(C(Nc2ccc3nnc(C(F)F)n3n2)c2cccs2)cc1. The third-order valence-electron chi connectivity index (χ3n) is 5.05. The highest BCUT2D eigenvalue weighted by atomic mass is 32.1. The summed E-state index contributed by atoms with van der Waals surface area (Å²) in [5.74, 6) is 0.514. The Morgan fingerprint density at radius 1 is 1.03 bits per heavy atom. The third-order valence-corrected chi connectivity index (χ3v) is 5.99. The zero-order chi connectivity index (χ0) is 20.4. The molecule has 1 N–H and O–H groups in total. The predicted octanol–water partition coefficient (Wildman–Crippen LogP) is 5.84. The summed E-state index contributed by atoms with van der Waals surface area (Å²) in [5, 5.41) is 17.0. The first kappa shape index (κ1) is 19.4. The Labute approximate surface area is 171 Å². The number of halogens is 2. The summed E-state index contributed by atoms with van der Waals surface area (Å²) in [6, 6.07) is 15.8. The second-order valence-corrected chi connectivity index (χ2v) is 7.90. The number of hydrogen-bond acceptors (Lipinski definition) is 5. The summed E-state index contributed by atoms with van der Waals surface area (Å²) in [5.41, 5.74) is 2.67. The van der Waals surface area contributed by atoms with Crippen LogP contribution in [0.15, 0.2) is 53.9 Å². The Morgan fingerprint density at radius 3 is 2.45 bits per heavy atom. The van der Waals surface area contributed by atoms with Crippen molar-refractivity contribution in [3.8, 4) is 0 Å². The van der Waals surface area contributed by atoms with E-state index in [9.17, 15) is 8.78 Å². The van der Waals surface area contributed by atoms with Crippen molar-refractivity contribution < 1.29 is 8.78 Å². The molecule has 29 heavy (non-hydrogen) atoms. The van der Waals surface area contributed by atoms with E-state index in [4.69, 9.17) is 0 Å². The van der Waals surface area contributed by atoms with Crippen LogP contribution in [0.1, 0.15) is 60.5 Å². The van der Waals surface area contributed by atoms with Crippen LogP contribution in [0.2, 0.25) is 0 Å². The lowest BCUT2D eigenvalue weighted by molar-refractivity contribution is 0.137. The molecule has 0 aliphatic heterocycles. The van der Waals surface area contributed by atoms with Crippen LogP contribution < -0.4 is 5.32 Å². The van der Waals surface area contributed by atoms with Crippen LogP contribution >= 0.6 is 11.3 Å². The van der Waals surface area contributed by atoms with Gasteiger partial charge in [-0.15, -0.1) is 26.6 Å². The minimum atomic E-state index is -2.74. The number of aromatic nitrogens is 4. The topological polar surface area (TPSA) is 55.1 Å². The molecule has 0 aliphatic rings. The zero-order valence-electron chi connectivity index (χ0n) is 16.1. The summed E-state index contributed by atoms with van der Waals surface area (Å²) in [6.45, 7) is 4.39. The average molecular weight is 413 g/mol. The van der Waals surface area contributed by atoms with Crippen LogP contribution in [-0.2, 0) is 0 Å². The van der Waals surface area contributed by atoms with Crippen LogP contribution in [0.25, 0.3) is 5.65 Å². The van der Waals surface area contributed by atoms with Gasteiger partial charge in [-0.3, -0.25) is 0 Å². The van der Waals surface area contributed by atoms with Crippen LogP contribution in [0.3, 0.4) is 0 Å². The van der Waals surface area contributed by atoms with Crippen LogP contribution in [0.4, 0.5) is 14.6 Å². The fraction of sp³-hybridized carbons (Fsp3) is 0.286. The molecule has 3 aromatic heterocycles. The van der Waals surface area contributed by atoms with Gasteiger partial charge in [0.15, 0.2) is 5.65 Å². The van der Waals surface area contributed by atoms with Crippen LogP contribution in [0.5, 0.6) is 0 Å². The summed E-state index contributed by atoms with van der Waals surface area (Å²) in [4.78, 5) is 1.11. The van der Waals surface area contributed by atoms with Gasteiger partial charge >= 0.3 is 0 Å². The Balaban J connectivity index is 1.68. The lowest BCUT2D eigenvalue weighted by atomic mass is 9.95. The Kier molecular flexibility index (Phi) is 5.53. The van der Waals surface area contributed by atoms with Crippen molar-refractivity contribution in [2.24, 2.45) is 0 Å². The van der Waals surface area contributed by atoms with Gasteiger partial charge in [0.1, 0.15) is 5.82 Å². The second-order valence-electron chi connectivity index (χ2n) is 6.92. The number of thiophene rings is 1. The number of fused-ring (bicyclic) bond motifs is 1. The molecule has 0 bridgehead atoms. The lowest BCUT2D eigenvalue weighted by Gasteiger charge is -2.20. The summed E-state index contributed by atoms with van der Waals surface area (Å²) >= 11 is 1.63. The van der Waals surface area contributed by atoms with E-state index in [-0.39, 0.29) is 11.7 Å². The van der Waals surface area contributed by atoms with Gasteiger partial charge in [0, 0.05) is 4.88 Å². The fourth-order valence-electron chi connectivity index (χ4n) is 3.19. The molecule has 0 fully saturated rings. The van der Waals surface area contributed by atoms with Gasteiger partial charge < -0.3 is 5.32 Å². The quantitative estimate of drug-likeness (QED) is 0.414. The number of nitrogens with one attached hydrogen (secondary N) is 1. The Hall–Kier alpha value is -2.87. The molecule has 0 spiro atoms. The molecule has 2 atom stereocenters. The maximum absolute atomic E-state index is 13.2. The van der Waals surface area contributed by atoms with Crippen molar-refractivity contribution in [1.82, 2.24) is 19.8 Å². The number of benzene rings is 1. The van der Waals surface area contributed by atoms with Crippen molar-refractivity contribution in [2.45, 2.75) is 38.7 Å².